The molecule has 0 aliphatic heterocycles. The van der Waals surface area contributed by atoms with Crippen LogP contribution in [-0.4, -0.2) is 35.4 Å². The average molecular weight is 492 g/mol. The number of fused-ring (bicyclic) bond motifs is 1. The Hall–Kier alpha value is -3.49. The van der Waals surface area contributed by atoms with Gasteiger partial charge in [0.25, 0.3) is 5.56 Å². The first-order valence-corrected chi connectivity index (χ1v) is 13.1. The van der Waals surface area contributed by atoms with Crippen molar-refractivity contribution in [2.24, 2.45) is 0 Å². The smallest absolute Gasteiger partial charge is 0.266 e. The topological polar surface area (TPSA) is 81.5 Å². The number of aromatic nitrogens is 2. The molecule has 0 amide bonds. The highest BCUT2D eigenvalue weighted by molar-refractivity contribution is 7.89. The van der Waals surface area contributed by atoms with E-state index in [0.29, 0.717) is 34.8 Å². The lowest BCUT2D eigenvalue weighted by molar-refractivity contribution is 0.331. The van der Waals surface area contributed by atoms with Crippen molar-refractivity contribution in [3.8, 4) is 11.4 Å². The van der Waals surface area contributed by atoms with E-state index in [0.717, 1.165) is 5.56 Å². The lowest BCUT2D eigenvalue weighted by Crippen LogP contribution is -2.37. The summed E-state index contributed by atoms with van der Waals surface area (Å²) >= 11 is 0. The summed E-state index contributed by atoms with van der Waals surface area (Å²) < 4.78 is 35.9. The lowest BCUT2D eigenvalue weighted by atomic mass is 10.2. The molecular weight excluding hydrogens is 462 g/mol. The zero-order chi connectivity index (χ0) is 25.2. The third kappa shape index (κ3) is 4.59. The van der Waals surface area contributed by atoms with Gasteiger partial charge in [0.1, 0.15) is 11.6 Å². The van der Waals surface area contributed by atoms with Crippen LogP contribution in [0, 0.1) is 6.92 Å². The Bertz CT molecular complexity index is 1510. The second-order valence-corrected chi connectivity index (χ2v) is 10.1. The van der Waals surface area contributed by atoms with Gasteiger partial charge in [-0.15, -0.1) is 0 Å². The number of para-hydroxylation sites is 3. The van der Waals surface area contributed by atoms with Crippen LogP contribution in [0.5, 0.6) is 5.75 Å². The molecule has 1 aromatic heterocycles. The van der Waals surface area contributed by atoms with Crippen LogP contribution < -0.4 is 10.3 Å². The molecule has 0 aliphatic carbocycles. The molecule has 1 unspecified atom stereocenters. The third-order valence-electron chi connectivity index (χ3n) is 5.95. The van der Waals surface area contributed by atoms with Gasteiger partial charge >= 0.3 is 0 Å². The fourth-order valence-corrected chi connectivity index (χ4v) is 5.81. The molecule has 0 radical (unpaired) electrons. The van der Waals surface area contributed by atoms with Crippen LogP contribution in [0.4, 0.5) is 0 Å². The summed E-state index contributed by atoms with van der Waals surface area (Å²) in [6.45, 7) is 7.93. The molecule has 4 aromatic rings. The van der Waals surface area contributed by atoms with Crippen LogP contribution >= 0.6 is 0 Å². The molecule has 3 aromatic carbocycles. The van der Waals surface area contributed by atoms with E-state index in [1.54, 1.807) is 68.4 Å². The quantitative estimate of drug-likeness (QED) is 0.351. The van der Waals surface area contributed by atoms with Gasteiger partial charge in [-0.3, -0.25) is 9.36 Å². The molecule has 35 heavy (non-hydrogen) atoms. The summed E-state index contributed by atoms with van der Waals surface area (Å²) in [6.07, 6.45) is 0. The summed E-state index contributed by atoms with van der Waals surface area (Å²) in [4.78, 5) is 18.8. The molecule has 182 valence electrons. The number of nitrogens with zero attached hydrogens (tertiary/aromatic N) is 3. The largest absolute Gasteiger partial charge is 0.492 e. The number of hydrogen-bond donors (Lipinski definition) is 0. The standard InChI is InChI=1S/C27H29N3O4S/c1-5-29(35(32,33)21-17-15-19(3)16-18-21)20(4)26-28-23-12-8-7-11-22(23)27(31)30(26)24-13-9-10-14-25(24)34-6-2/h7-18,20H,5-6H2,1-4H3. The Kier molecular flexibility index (Phi) is 7.05. The van der Waals surface area contributed by atoms with E-state index in [1.165, 1.54) is 8.87 Å². The Labute approximate surface area is 205 Å². The predicted octanol–water partition coefficient (Wildman–Crippen LogP) is 4.86. The van der Waals surface area contributed by atoms with Gasteiger partial charge in [0.05, 0.1) is 34.1 Å². The number of ether oxygens (including phenoxy) is 1. The fourth-order valence-electron chi connectivity index (χ4n) is 4.21. The Morgan fingerprint density at radius 2 is 1.63 bits per heavy atom. The number of aryl methyl sites for hydroxylation is 1. The zero-order valence-electron chi connectivity index (χ0n) is 20.3. The summed E-state index contributed by atoms with van der Waals surface area (Å²) in [6, 6.07) is 20.3. The molecule has 0 spiro atoms. The Morgan fingerprint density at radius 1 is 0.971 bits per heavy atom. The molecule has 0 saturated carbocycles. The van der Waals surface area contributed by atoms with Crippen LogP contribution in [0.15, 0.2) is 82.5 Å². The van der Waals surface area contributed by atoms with Crippen molar-refractivity contribution in [2.45, 2.75) is 38.6 Å². The van der Waals surface area contributed by atoms with E-state index in [2.05, 4.69) is 0 Å². The molecular formula is C27H29N3O4S. The van der Waals surface area contributed by atoms with E-state index in [-0.39, 0.29) is 17.0 Å². The van der Waals surface area contributed by atoms with Gasteiger partial charge < -0.3 is 4.74 Å². The number of hydrogen-bond acceptors (Lipinski definition) is 5. The van der Waals surface area contributed by atoms with E-state index >= 15 is 0 Å². The fraction of sp³-hybridized carbons (Fsp3) is 0.259. The van der Waals surface area contributed by atoms with Crippen molar-refractivity contribution in [1.29, 1.82) is 0 Å². The highest BCUT2D eigenvalue weighted by Crippen LogP contribution is 2.30. The Morgan fingerprint density at radius 3 is 2.31 bits per heavy atom. The maximum Gasteiger partial charge on any atom is 0.266 e. The first-order valence-electron chi connectivity index (χ1n) is 11.6. The van der Waals surface area contributed by atoms with Crippen LogP contribution in [-0.2, 0) is 10.0 Å². The van der Waals surface area contributed by atoms with Gasteiger partial charge in [-0.2, -0.15) is 4.31 Å². The monoisotopic (exact) mass is 491 g/mol. The maximum atomic E-state index is 13.8. The van der Waals surface area contributed by atoms with Gasteiger partial charge in [0.2, 0.25) is 10.0 Å². The second-order valence-electron chi connectivity index (χ2n) is 8.23. The van der Waals surface area contributed by atoms with Crippen molar-refractivity contribution >= 4 is 20.9 Å². The SMILES string of the molecule is CCOc1ccccc1-n1c(C(C)N(CC)S(=O)(=O)c2ccc(C)cc2)nc2ccccc2c1=O. The van der Waals surface area contributed by atoms with E-state index in [4.69, 9.17) is 9.72 Å². The van der Waals surface area contributed by atoms with Crippen molar-refractivity contribution in [3.05, 3.63) is 94.5 Å². The minimum absolute atomic E-state index is 0.196. The number of rotatable bonds is 8. The van der Waals surface area contributed by atoms with E-state index in [1.807, 2.05) is 32.0 Å². The second kappa shape index (κ2) is 10.0. The van der Waals surface area contributed by atoms with Gasteiger partial charge in [-0.05, 0) is 57.2 Å². The minimum Gasteiger partial charge on any atom is -0.492 e. The molecule has 1 atom stereocenters. The predicted molar refractivity (Wildman–Crippen MR) is 138 cm³/mol. The van der Waals surface area contributed by atoms with E-state index < -0.39 is 16.1 Å². The van der Waals surface area contributed by atoms with Gasteiger partial charge in [-0.1, -0.05) is 48.9 Å². The normalized spacial score (nSPS) is 12.7. The summed E-state index contributed by atoms with van der Waals surface area (Å²) in [5.74, 6) is 0.838. The first-order chi connectivity index (χ1) is 16.8. The molecule has 1 heterocycles. The number of sulfonamides is 1. The van der Waals surface area contributed by atoms with Crippen molar-refractivity contribution in [3.63, 3.8) is 0 Å². The van der Waals surface area contributed by atoms with Gasteiger partial charge in [-0.25, -0.2) is 13.4 Å². The van der Waals surface area contributed by atoms with Gasteiger partial charge in [0.15, 0.2) is 0 Å². The molecule has 0 bridgehead atoms. The van der Waals surface area contributed by atoms with Crippen molar-refractivity contribution < 1.29 is 13.2 Å². The van der Waals surface area contributed by atoms with Gasteiger partial charge in [0, 0.05) is 6.54 Å². The van der Waals surface area contributed by atoms with Crippen LogP contribution in [0.25, 0.3) is 16.6 Å². The molecule has 0 N–H and O–H groups in total. The highest BCUT2D eigenvalue weighted by Gasteiger charge is 2.32. The summed E-state index contributed by atoms with van der Waals surface area (Å²) in [5, 5.41) is 0.444. The minimum atomic E-state index is -3.85. The average Bonchev–Trinajstić information content (AvgIpc) is 2.85. The zero-order valence-corrected chi connectivity index (χ0v) is 21.1. The molecule has 0 aliphatic rings. The van der Waals surface area contributed by atoms with E-state index in [9.17, 15) is 13.2 Å². The molecule has 7 nitrogen and oxygen atoms in total. The van der Waals surface area contributed by atoms with Crippen molar-refractivity contribution in [2.75, 3.05) is 13.2 Å². The summed E-state index contributed by atoms with van der Waals surface area (Å²) in [7, 11) is -3.85. The lowest BCUT2D eigenvalue weighted by Gasteiger charge is -2.29. The summed E-state index contributed by atoms with van der Waals surface area (Å²) in [5.41, 5.74) is 1.71. The first kappa shape index (κ1) is 24.6. The molecule has 0 fully saturated rings. The molecule has 4 rings (SSSR count). The van der Waals surface area contributed by atoms with Crippen molar-refractivity contribution in [1.82, 2.24) is 13.9 Å². The third-order valence-corrected chi connectivity index (χ3v) is 8.01. The molecule has 8 heteroatoms. The number of benzene rings is 3. The van der Waals surface area contributed by atoms with Crippen LogP contribution in [0.2, 0.25) is 0 Å². The highest BCUT2D eigenvalue weighted by atomic mass is 32.2. The van der Waals surface area contributed by atoms with Crippen LogP contribution in [0.3, 0.4) is 0 Å². The van der Waals surface area contributed by atoms with Crippen LogP contribution in [0.1, 0.15) is 38.2 Å². The Balaban J connectivity index is 1.97. The maximum absolute atomic E-state index is 13.8. The molecule has 0 saturated heterocycles.